The van der Waals surface area contributed by atoms with Crippen LogP contribution in [0.4, 0.5) is 5.69 Å². The molecule has 0 saturated carbocycles. The first-order valence-electron chi connectivity index (χ1n) is 5.54. The van der Waals surface area contributed by atoms with Crippen molar-refractivity contribution in [3.8, 4) is 11.5 Å². The molecule has 7 heteroatoms. The van der Waals surface area contributed by atoms with E-state index in [4.69, 9.17) is 20.9 Å². The minimum atomic E-state index is -0.991. The summed E-state index contributed by atoms with van der Waals surface area (Å²) in [6.07, 6.45) is -0.215. The quantitative estimate of drug-likeness (QED) is 0.662. The minimum absolute atomic E-state index is 0.215. The molecule has 0 spiro atoms. The van der Waals surface area contributed by atoms with Gasteiger partial charge < -0.3 is 26.3 Å². The van der Waals surface area contributed by atoms with Crippen molar-refractivity contribution in [1.29, 1.82) is 0 Å². The van der Waals surface area contributed by atoms with Crippen LogP contribution in [0.5, 0.6) is 11.5 Å². The lowest BCUT2D eigenvalue weighted by Gasteiger charge is -2.12. The van der Waals surface area contributed by atoms with E-state index in [0.717, 1.165) is 0 Å². The molecule has 0 aliphatic rings. The summed E-state index contributed by atoms with van der Waals surface area (Å²) in [5.74, 6) is -0.0868. The van der Waals surface area contributed by atoms with Gasteiger partial charge in [-0.1, -0.05) is 0 Å². The zero-order chi connectivity index (χ0) is 14.4. The first-order chi connectivity index (χ1) is 8.96. The molecule has 0 aromatic heterocycles. The molecule has 1 aromatic rings. The number of nitrogens with one attached hydrogen (secondary N) is 1. The highest BCUT2D eigenvalue weighted by Crippen LogP contribution is 2.25. The van der Waals surface area contributed by atoms with Gasteiger partial charge in [-0.2, -0.15) is 0 Å². The summed E-state index contributed by atoms with van der Waals surface area (Å²) in [6.45, 7) is 0. The number of methoxy groups -OCH3 is 2. The van der Waals surface area contributed by atoms with Gasteiger partial charge >= 0.3 is 0 Å². The van der Waals surface area contributed by atoms with Crippen LogP contribution in [0.2, 0.25) is 0 Å². The van der Waals surface area contributed by atoms with Crippen LogP contribution >= 0.6 is 0 Å². The number of hydrogen-bond acceptors (Lipinski definition) is 5. The third-order valence-corrected chi connectivity index (χ3v) is 2.38. The maximum Gasteiger partial charge on any atom is 0.241 e. The summed E-state index contributed by atoms with van der Waals surface area (Å²) in [6, 6.07) is 3.89. The van der Waals surface area contributed by atoms with Crippen LogP contribution in [0, 0.1) is 0 Å². The van der Waals surface area contributed by atoms with Crippen molar-refractivity contribution in [2.24, 2.45) is 11.5 Å². The molecule has 0 heterocycles. The lowest BCUT2D eigenvalue weighted by molar-refractivity contribution is -0.123. The SMILES string of the molecule is COc1cc(NC(=O)C(N)CC(N)=O)cc(OC)c1. The van der Waals surface area contributed by atoms with Gasteiger partial charge in [0.1, 0.15) is 11.5 Å². The summed E-state index contributed by atoms with van der Waals surface area (Å²) < 4.78 is 10.1. The van der Waals surface area contributed by atoms with Gasteiger partial charge in [-0.05, 0) is 0 Å². The first kappa shape index (κ1) is 14.8. The zero-order valence-corrected chi connectivity index (χ0v) is 10.8. The van der Waals surface area contributed by atoms with Gasteiger partial charge in [0.25, 0.3) is 0 Å². The zero-order valence-electron chi connectivity index (χ0n) is 10.8. The second-order valence-corrected chi connectivity index (χ2v) is 3.87. The maximum atomic E-state index is 11.7. The summed E-state index contributed by atoms with van der Waals surface area (Å²) in [4.78, 5) is 22.4. The Labute approximate surface area is 110 Å². The Morgan fingerprint density at radius 1 is 1.21 bits per heavy atom. The Morgan fingerprint density at radius 3 is 2.16 bits per heavy atom. The first-order valence-corrected chi connectivity index (χ1v) is 5.54. The van der Waals surface area contributed by atoms with Gasteiger partial charge in [0.05, 0.1) is 26.7 Å². The number of ether oxygens (including phenoxy) is 2. The standard InChI is InChI=1S/C12H17N3O4/c1-18-8-3-7(4-9(5-8)19-2)15-12(17)10(13)6-11(14)16/h3-5,10H,6,13H2,1-2H3,(H2,14,16)(H,15,17). The summed E-state index contributed by atoms with van der Waals surface area (Å²) >= 11 is 0. The predicted molar refractivity (Wildman–Crippen MR) is 70.0 cm³/mol. The normalized spacial score (nSPS) is 11.5. The number of rotatable bonds is 6. The van der Waals surface area contributed by atoms with Crippen LogP contribution in [-0.4, -0.2) is 32.1 Å². The molecule has 0 aliphatic heterocycles. The highest BCUT2D eigenvalue weighted by atomic mass is 16.5. The van der Waals surface area contributed by atoms with Crippen LogP contribution in [0.3, 0.4) is 0 Å². The molecule has 1 unspecified atom stereocenters. The fourth-order valence-corrected chi connectivity index (χ4v) is 1.42. The van der Waals surface area contributed by atoms with Gasteiger partial charge in [-0.15, -0.1) is 0 Å². The molecule has 0 bridgehead atoms. The number of amides is 2. The van der Waals surface area contributed by atoms with E-state index < -0.39 is 17.9 Å². The van der Waals surface area contributed by atoms with E-state index in [0.29, 0.717) is 17.2 Å². The van der Waals surface area contributed by atoms with Gasteiger partial charge in [0.15, 0.2) is 0 Å². The Morgan fingerprint density at radius 2 is 1.74 bits per heavy atom. The van der Waals surface area contributed by atoms with Crippen molar-refractivity contribution in [2.75, 3.05) is 19.5 Å². The molecule has 1 aromatic carbocycles. The molecule has 104 valence electrons. The van der Waals surface area contributed by atoms with E-state index in [9.17, 15) is 9.59 Å². The number of carbonyl (C=O) groups is 2. The monoisotopic (exact) mass is 267 g/mol. The molecule has 2 amide bonds. The number of primary amides is 1. The van der Waals surface area contributed by atoms with Crippen LogP contribution in [-0.2, 0) is 9.59 Å². The number of carbonyl (C=O) groups excluding carboxylic acids is 2. The molecule has 1 atom stereocenters. The highest BCUT2D eigenvalue weighted by Gasteiger charge is 2.16. The predicted octanol–water partition coefficient (Wildman–Crippen LogP) is -0.155. The van der Waals surface area contributed by atoms with Crippen LogP contribution < -0.4 is 26.3 Å². The van der Waals surface area contributed by atoms with Crippen molar-refractivity contribution < 1.29 is 19.1 Å². The van der Waals surface area contributed by atoms with Gasteiger partial charge in [-0.25, -0.2) is 0 Å². The second-order valence-electron chi connectivity index (χ2n) is 3.87. The summed E-state index contributed by atoms with van der Waals surface area (Å²) in [5, 5.41) is 2.56. The fourth-order valence-electron chi connectivity index (χ4n) is 1.42. The topological polar surface area (TPSA) is 117 Å². The van der Waals surface area contributed by atoms with Gasteiger partial charge in [0, 0.05) is 23.9 Å². The van der Waals surface area contributed by atoms with Crippen LogP contribution in [0.1, 0.15) is 6.42 Å². The average Bonchev–Trinajstić information content (AvgIpc) is 2.37. The molecular formula is C12H17N3O4. The van der Waals surface area contributed by atoms with E-state index in [-0.39, 0.29) is 6.42 Å². The maximum absolute atomic E-state index is 11.7. The highest BCUT2D eigenvalue weighted by molar-refractivity contribution is 5.97. The van der Waals surface area contributed by atoms with Crippen molar-refractivity contribution in [1.82, 2.24) is 0 Å². The largest absolute Gasteiger partial charge is 0.497 e. The summed E-state index contributed by atoms with van der Waals surface area (Å²) in [7, 11) is 3.00. The Kier molecular flexibility index (Phi) is 5.13. The van der Waals surface area contributed by atoms with Gasteiger partial charge in [0.2, 0.25) is 11.8 Å². The molecule has 19 heavy (non-hydrogen) atoms. The molecule has 0 aliphatic carbocycles. The molecule has 0 fully saturated rings. The molecule has 1 rings (SSSR count). The lowest BCUT2D eigenvalue weighted by atomic mass is 10.2. The summed E-state index contributed by atoms with van der Waals surface area (Å²) in [5.41, 5.74) is 11.0. The molecule has 5 N–H and O–H groups in total. The van der Waals surface area contributed by atoms with Crippen molar-refractivity contribution in [3.05, 3.63) is 18.2 Å². The van der Waals surface area contributed by atoms with Crippen molar-refractivity contribution in [2.45, 2.75) is 12.5 Å². The number of hydrogen-bond donors (Lipinski definition) is 3. The third kappa shape index (κ3) is 4.47. The van der Waals surface area contributed by atoms with E-state index >= 15 is 0 Å². The van der Waals surface area contributed by atoms with Crippen molar-refractivity contribution in [3.63, 3.8) is 0 Å². The van der Waals surface area contributed by atoms with Crippen molar-refractivity contribution >= 4 is 17.5 Å². The van der Waals surface area contributed by atoms with E-state index in [1.54, 1.807) is 18.2 Å². The van der Waals surface area contributed by atoms with Gasteiger partial charge in [-0.3, -0.25) is 9.59 Å². The van der Waals surface area contributed by atoms with E-state index in [1.165, 1.54) is 14.2 Å². The van der Waals surface area contributed by atoms with E-state index in [1.807, 2.05) is 0 Å². The molecule has 0 saturated heterocycles. The second kappa shape index (κ2) is 6.60. The molecule has 0 radical (unpaired) electrons. The number of anilines is 1. The Balaban J connectivity index is 2.80. The minimum Gasteiger partial charge on any atom is -0.497 e. The lowest BCUT2D eigenvalue weighted by Crippen LogP contribution is -2.38. The molecular weight excluding hydrogens is 250 g/mol. The number of nitrogens with two attached hydrogens (primary N) is 2. The fraction of sp³-hybridized carbons (Fsp3) is 0.333. The van der Waals surface area contributed by atoms with E-state index in [2.05, 4.69) is 5.32 Å². The molecule has 7 nitrogen and oxygen atoms in total. The Hall–Kier alpha value is -2.28. The van der Waals surface area contributed by atoms with Crippen LogP contribution in [0.25, 0.3) is 0 Å². The third-order valence-electron chi connectivity index (χ3n) is 2.38. The number of benzene rings is 1. The Bertz CT molecular complexity index is 454. The van der Waals surface area contributed by atoms with Crippen LogP contribution in [0.15, 0.2) is 18.2 Å². The smallest absolute Gasteiger partial charge is 0.241 e. The average molecular weight is 267 g/mol.